The van der Waals surface area contributed by atoms with E-state index >= 15 is 0 Å². The molecule has 11 aromatic carbocycles. The lowest BCUT2D eigenvalue weighted by molar-refractivity contribution is 0.0113. The first kappa shape index (κ1) is 88.3. The fourth-order valence-electron chi connectivity index (χ4n) is 12.5. The van der Waals surface area contributed by atoms with Gasteiger partial charge in [-0.25, -0.2) is 59.8 Å². The fourth-order valence-corrected chi connectivity index (χ4v) is 12.5. The molecule has 4 heterocycles. The molecule has 30 nitrogen and oxygen atoms in total. The van der Waals surface area contributed by atoms with Crippen LogP contribution in [-0.4, -0.2) is 186 Å². The van der Waals surface area contributed by atoms with Gasteiger partial charge in [-0.3, -0.25) is 0 Å². The minimum absolute atomic E-state index is 0.00363. The summed E-state index contributed by atoms with van der Waals surface area (Å²) in [5.74, 6) is 3.73. The molecule has 0 fully saturated rings. The summed E-state index contributed by atoms with van der Waals surface area (Å²) in [5, 5.41) is 126. The van der Waals surface area contributed by atoms with Gasteiger partial charge in [-0.05, 0) is 141 Å². The van der Waals surface area contributed by atoms with E-state index in [2.05, 4.69) is 73.7 Å². The number of benzene rings is 11. The van der Waals surface area contributed by atoms with Crippen molar-refractivity contribution in [1.29, 1.82) is 0 Å². The number of ether oxygens (including phenoxy) is 6. The maximum Gasteiger partial charge on any atom is 0.167 e. The molecule has 30 heteroatoms. The van der Waals surface area contributed by atoms with Crippen LogP contribution in [0.25, 0.3) is 125 Å². The predicted octanol–water partition coefficient (Wildman–Crippen LogP) is 16.5. The van der Waals surface area contributed by atoms with E-state index in [9.17, 15) is 61.3 Å². The van der Waals surface area contributed by atoms with Crippen LogP contribution in [0.4, 0.5) is 0 Å². The third-order valence-electron chi connectivity index (χ3n) is 19.0. The lowest BCUT2D eigenvalue weighted by Crippen LogP contribution is -2.23. The Bertz CT molecular complexity index is 5750. The summed E-state index contributed by atoms with van der Waals surface area (Å²) < 4.78 is 34.0. The van der Waals surface area contributed by atoms with Crippen LogP contribution in [-0.2, 0) is 9.47 Å². The van der Waals surface area contributed by atoms with Gasteiger partial charge >= 0.3 is 0 Å². The third kappa shape index (κ3) is 23.2. The maximum absolute atomic E-state index is 11.1. The first-order chi connectivity index (χ1) is 61.2. The van der Waals surface area contributed by atoms with E-state index in [-0.39, 0.29) is 155 Å². The van der Waals surface area contributed by atoms with Gasteiger partial charge in [0.2, 0.25) is 0 Å². The summed E-state index contributed by atoms with van der Waals surface area (Å²) in [5.41, 5.74) is 4.38. The lowest BCUT2D eigenvalue weighted by Gasteiger charge is -2.15. The largest absolute Gasteiger partial charge is 0.507 e. The predicted molar refractivity (Wildman–Crippen MR) is 471 cm³/mol. The molecule has 2 unspecified atom stereocenters. The summed E-state index contributed by atoms with van der Waals surface area (Å²) in [6.45, 7) is 7.84. The summed E-state index contributed by atoms with van der Waals surface area (Å²) in [6.07, 6.45) is 2.71. The molecule has 4 aromatic heterocycles. The van der Waals surface area contributed by atoms with Crippen LogP contribution in [0, 0.1) is 6.92 Å². The van der Waals surface area contributed by atoms with Gasteiger partial charge < -0.3 is 89.7 Å². The van der Waals surface area contributed by atoms with E-state index in [4.69, 9.17) is 28.4 Å². The molecular formula is C96H90N12O18. The van der Waals surface area contributed by atoms with E-state index in [1.54, 1.807) is 177 Å². The summed E-state index contributed by atoms with van der Waals surface area (Å²) in [7, 11) is 0. The zero-order valence-corrected chi connectivity index (χ0v) is 68.7. The Morgan fingerprint density at radius 2 is 0.460 bits per heavy atom. The van der Waals surface area contributed by atoms with Gasteiger partial charge in [-0.15, -0.1) is 0 Å². The molecule has 0 aliphatic rings. The molecule has 0 spiro atoms. The number of phenols is 10. The van der Waals surface area contributed by atoms with E-state index in [1.165, 1.54) is 48.5 Å². The number of rotatable bonds is 33. The van der Waals surface area contributed by atoms with Gasteiger partial charge in [-0.1, -0.05) is 130 Å². The number of para-hydroxylation sites is 6. The molecule has 642 valence electrons. The van der Waals surface area contributed by atoms with Crippen LogP contribution < -0.4 is 18.9 Å². The SMILES string of the molecule is CCCCOCC(O)COc1ccc(-c2nc(-c3ccccc3)nc(-c3ccc(OCC(O)COCCCC)cc3O)n2)c(O)c1.Cc1nc(-c2ccccc2O)nc(-c2ccccc2O)n1.Oc1ccccc1-c1nc(-c2ccccc2O)nc(-c2ccc(OCCCOc3ccc(-c4nc(-c5ccccc5O)nc(-c5ccccc5O)n4)c(O)c3)cc2O)n1. The van der Waals surface area contributed by atoms with Gasteiger partial charge in [0, 0.05) is 49.5 Å². The van der Waals surface area contributed by atoms with Crippen LogP contribution in [0.1, 0.15) is 51.8 Å². The third-order valence-corrected chi connectivity index (χ3v) is 19.0. The second-order valence-corrected chi connectivity index (χ2v) is 28.5. The summed E-state index contributed by atoms with van der Waals surface area (Å²) in [4.78, 5) is 53.9. The first-order valence-corrected chi connectivity index (χ1v) is 40.4. The zero-order chi connectivity index (χ0) is 88.4. The quantitative estimate of drug-likeness (QED) is 0.0170. The number of nitrogens with zero attached hydrogens (tertiary/aromatic N) is 12. The van der Waals surface area contributed by atoms with Crippen molar-refractivity contribution in [3.63, 3.8) is 0 Å². The average molecular weight is 1700 g/mol. The molecule has 2 atom stereocenters. The number of hydrogen-bond acceptors (Lipinski definition) is 30. The van der Waals surface area contributed by atoms with Crippen molar-refractivity contribution in [1.82, 2.24) is 59.8 Å². The number of aromatic hydroxyl groups is 10. The average Bonchev–Trinajstić information content (AvgIpc) is 0.799. The number of aliphatic hydroxyl groups is 2. The van der Waals surface area contributed by atoms with E-state index in [0.29, 0.717) is 110 Å². The summed E-state index contributed by atoms with van der Waals surface area (Å²) in [6, 6.07) is 68.1. The van der Waals surface area contributed by atoms with Gasteiger partial charge in [-0.2, -0.15) is 0 Å². The Kier molecular flexibility index (Phi) is 30.0. The maximum atomic E-state index is 11.1. The van der Waals surface area contributed by atoms with Crippen LogP contribution >= 0.6 is 0 Å². The Morgan fingerprint density at radius 3 is 0.714 bits per heavy atom. The van der Waals surface area contributed by atoms with Gasteiger partial charge in [0.15, 0.2) is 64.1 Å². The number of hydrogen-bond donors (Lipinski definition) is 12. The highest BCUT2D eigenvalue weighted by molar-refractivity contribution is 5.78. The van der Waals surface area contributed by atoms with Gasteiger partial charge in [0.25, 0.3) is 0 Å². The Hall–Kier alpha value is -15.5. The normalized spacial score (nSPS) is 11.5. The van der Waals surface area contributed by atoms with Crippen molar-refractivity contribution < 1.29 is 89.7 Å². The minimum atomic E-state index is -0.808. The number of aryl methyl sites for hydroxylation is 1. The zero-order valence-electron chi connectivity index (χ0n) is 68.7. The Balaban J connectivity index is 0.000000179. The van der Waals surface area contributed by atoms with E-state index < -0.39 is 12.2 Å². The van der Waals surface area contributed by atoms with Crippen LogP contribution in [0.5, 0.6) is 80.5 Å². The van der Waals surface area contributed by atoms with Crippen molar-refractivity contribution in [2.24, 2.45) is 0 Å². The molecule has 126 heavy (non-hydrogen) atoms. The molecule has 15 rings (SSSR count). The Labute approximate surface area is 724 Å². The second-order valence-electron chi connectivity index (χ2n) is 28.5. The second kappa shape index (κ2) is 42.8. The molecule has 15 aromatic rings. The molecule has 0 aliphatic carbocycles. The summed E-state index contributed by atoms with van der Waals surface area (Å²) >= 11 is 0. The molecule has 0 amide bonds. The van der Waals surface area contributed by atoms with Crippen LogP contribution in [0.3, 0.4) is 0 Å². The highest BCUT2D eigenvalue weighted by Gasteiger charge is 2.24. The number of aliphatic hydroxyl groups excluding tert-OH is 2. The molecule has 0 bridgehead atoms. The van der Waals surface area contributed by atoms with Gasteiger partial charge in [0.05, 0.1) is 82.1 Å². The standard InChI is InChI=1S/C45H34N6O8.C35H43N3O8.C16H13N3O2/c52-34-14-5-1-10-28(34)40-46-41(29-11-2-6-15-35(29)53)49-44(48-40)32-20-18-26(24-38(32)56)58-22-9-23-59-27-19-21-33(39(57)25-27)45-50-42(30-12-3-7-16-36(30)54)47-43(51-45)31-13-4-8-17-37(31)55;1-3-5-16-43-20-25(39)22-45-27-12-14-29(31(41)18-27)34-36-33(24-10-8-7-9-11-24)37-35(38-34)30-15-13-28(19-32(30)42)46-23-26(40)21-44-17-6-4-2;1-10-17-15(11-6-2-4-8-13(11)20)19-16(18-10)12-7-3-5-9-14(12)21/h1-8,10-21,24-25,52-57H,9,22-23H2;7-15,18-19,25-26,39-42H,3-6,16-17,20-23H2,1-2H3;2-9,20-21H,1H3. The highest BCUT2D eigenvalue weighted by Crippen LogP contribution is 2.41. The minimum Gasteiger partial charge on any atom is -0.507 e. The van der Waals surface area contributed by atoms with Gasteiger partial charge in [0.1, 0.15) is 112 Å². The molecular weight excluding hydrogens is 1610 g/mol. The number of unbranched alkanes of at least 4 members (excludes halogenated alkanes) is 2. The van der Waals surface area contributed by atoms with Crippen molar-refractivity contribution in [2.45, 2.75) is 65.1 Å². The van der Waals surface area contributed by atoms with Crippen molar-refractivity contribution in [3.8, 4) is 206 Å². The Morgan fingerprint density at radius 1 is 0.230 bits per heavy atom. The smallest absolute Gasteiger partial charge is 0.167 e. The molecule has 12 N–H and O–H groups in total. The van der Waals surface area contributed by atoms with Crippen molar-refractivity contribution in [3.05, 3.63) is 255 Å². The van der Waals surface area contributed by atoms with E-state index in [1.807, 2.05) is 30.3 Å². The molecule has 0 aliphatic heterocycles. The van der Waals surface area contributed by atoms with Crippen molar-refractivity contribution in [2.75, 3.05) is 52.9 Å². The fraction of sp³-hybridized carbons (Fsp3) is 0.188. The van der Waals surface area contributed by atoms with Crippen molar-refractivity contribution >= 4 is 0 Å². The molecule has 0 radical (unpaired) electrons. The monoisotopic (exact) mass is 1700 g/mol. The highest BCUT2D eigenvalue weighted by atomic mass is 16.5. The van der Waals surface area contributed by atoms with E-state index in [0.717, 1.165) is 31.2 Å². The molecule has 0 saturated carbocycles. The number of aromatic nitrogens is 12. The van der Waals surface area contributed by atoms with Crippen LogP contribution in [0.2, 0.25) is 0 Å². The molecule has 0 saturated heterocycles. The van der Waals surface area contributed by atoms with Crippen LogP contribution in [0.15, 0.2) is 249 Å². The lowest BCUT2D eigenvalue weighted by atomic mass is 10.1. The first-order valence-electron chi connectivity index (χ1n) is 40.4. The number of phenolic OH excluding ortho intramolecular Hbond substituents is 10. The topological polar surface area (TPSA) is 453 Å².